The number of benzene rings is 2. The summed E-state index contributed by atoms with van der Waals surface area (Å²) in [5.41, 5.74) is 2.59. The lowest BCUT2D eigenvalue weighted by atomic mass is 10.1. The molecule has 0 fully saturated rings. The van der Waals surface area contributed by atoms with E-state index >= 15 is 0 Å². The van der Waals surface area contributed by atoms with Crippen molar-refractivity contribution < 1.29 is 5.11 Å². The van der Waals surface area contributed by atoms with Gasteiger partial charge in [-0.25, -0.2) is 4.98 Å². The summed E-state index contributed by atoms with van der Waals surface area (Å²) >= 11 is 1.57. The number of phenols is 1. The fraction of sp³-hybridized carbons (Fsp3) is 0.0588. The first-order chi connectivity index (χ1) is 10.6. The van der Waals surface area contributed by atoms with Crippen molar-refractivity contribution in [2.24, 2.45) is 7.05 Å². The molecule has 0 atom stereocenters. The standard InChI is InChI=1S/C17H12N2O2S/c1-19-14-5-3-11(20)9-13(14)16(21)12-4-2-10(8-15(12)19)17-18-6-7-22-17/h2-9,20H,1H3. The van der Waals surface area contributed by atoms with E-state index in [0.717, 1.165) is 21.6 Å². The third kappa shape index (κ3) is 1.83. The number of hydrogen-bond acceptors (Lipinski definition) is 4. The molecule has 0 aliphatic rings. The Balaban J connectivity index is 2.13. The second-order valence-electron chi connectivity index (χ2n) is 5.16. The minimum atomic E-state index is -0.0651. The fourth-order valence-electron chi connectivity index (χ4n) is 2.77. The second kappa shape index (κ2) is 4.68. The average Bonchev–Trinajstić information content (AvgIpc) is 3.06. The zero-order valence-electron chi connectivity index (χ0n) is 11.8. The number of pyridine rings is 1. The molecule has 2 aromatic heterocycles. The van der Waals surface area contributed by atoms with Crippen molar-refractivity contribution in [1.82, 2.24) is 9.55 Å². The summed E-state index contributed by atoms with van der Waals surface area (Å²) in [7, 11) is 1.92. The Bertz CT molecular complexity index is 1070. The summed E-state index contributed by atoms with van der Waals surface area (Å²) in [5, 5.41) is 13.7. The van der Waals surface area contributed by atoms with Gasteiger partial charge in [0.2, 0.25) is 0 Å². The molecule has 2 heterocycles. The zero-order valence-corrected chi connectivity index (χ0v) is 12.6. The maximum atomic E-state index is 12.7. The molecule has 0 aliphatic heterocycles. The highest BCUT2D eigenvalue weighted by Gasteiger charge is 2.11. The van der Waals surface area contributed by atoms with Crippen molar-refractivity contribution >= 4 is 33.1 Å². The van der Waals surface area contributed by atoms with E-state index in [1.54, 1.807) is 29.7 Å². The lowest BCUT2D eigenvalue weighted by Gasteiger charge is -2.11. The largest absolute Gasteiger partial charge is 0.508 e. The first-order valence-corrected chi connectivity index (χ1v) is 7.68. The quantitative estimate of drug-likeness (QED) is 0.547. The van der Waals surface area contributed by atoms with Crippen LogP contribution in [0.1, 0.15) is 0 Å². The number of phenolic OH excluding ortho intramolecular Hbond substituents is 1. The highest BCUT2D eigenvalue weighted by molar-refractivity contribution is 7.13. The molecule has 0 bridgehead atoms. The Morgan fingerprint density at radius 3 is 2.73 bits per heavy atom. The van der Waals surface area contributed by atoms with Crippen molar-refractivity contribution in [1.29, 1.82) is 0 Å². The molecule has 4 aromatic rings. The zero-order chi connectivity index (χ0) is 15.3. The number of rotatable bonds is 1. The molecular weight excluding hydrogens is 296 g/mol. The molecule has 0 saturated heterocycles. The summed E-state index contributed by atoms with van der Waals surface area (Å²) in [5.74, 6) is 0.100. The van der Waals surface area contributed by atoms with Gasteiger partial charge in [-0.05, 0) is 30.3 Å². The molecule has 4 nitrogen and oxygen atoms in total. The van der Waals surface area contributed by atoms with Crippen LogP contribution in [0.15, 0.2) is 52.8 Å². The van der Waals surface area contributed by atoms with Crippen molar-refractivity contribution in [2.75, 3.05) is 0 Å². The van der Waals surface area contributed by atoms with Gasteiger partial charge in [0.1, 0.15) is 10.8 Å². The van der Waals surface area contributed by atoms with Crippen LogP contribution in [0.2, 0.25) is 0 Å². The van der Waals surface area contributed by atoms with E-state index in [4.69, 9.17) is 0 Å². The Kier molecular flexibility index (Phi) is 2.77. The van der Waals surface area contributed by atoms with E-state index in [1.807, 2.05) is 35.2 Å². The van der Waals surface area contributed by atoms with Gasteiger partial charge in [0, 0.05) is 35.0 Å². The van der Waals surface area contributed by atoms with Crippen LogP contribution in [0.4, 0.5) is 0 Å². The average molecular weight is 308 g/mol. The van der Waals surface area contributed by atoms with Crippen molar-refractivity contribution in [3.05, 3.63) is 58.2 Å². The van der Waals surface area contributed by atoms with Crippen LogP contribution in [0, 0.1) is 0 Å². The van der Waals surface area contributed by atoms with E-state index < -0.39 is 0 Å². The van der Waals surface area contributed by atoms with Crippen LogP contribution in [-0.2, 0) is 7.05 Å². The first kappa shape index (κ1) is 13.0. The molecule has 0 spiro atoms. The van der Waals surface area contributed by atoms with Crippen LogP contribution in [-0.4, -0.2) is 14.7 Å². The molecule has 2 aromatic carbocycles. The number of hydrogen-bond donors (Lipinski definition) is 1. The Morgan fingerprint density at radius 2 is 1.95 bits per heavy atom. The summed E-state index contributed by atoms with van der Waals surface area (Å²) in [6, 6.07) is 10.6. The van der Waals surface area contributed by atoms with Gasteiger partial charge in [0.15, 0.2) is 5.43 Å². The van der Waals surface area contributed by atoms with E-state index in [-0.39, 0.29) is 11.2 Å². The van der Waals surface area contributed by atoms with Crippen LogP contribution < -0.4 is 5.43 Å². The third-order valence-electron chi connectivity index (χ3n) is 3.87. The summed E-state index contributed by atoms with van der Waals surface area (Å²) in [6.07, 6.45) is 1.77. The van der Waals surface area contributed by atoms with Gasteiger partial charge in [-0.1, -0.05) is 6.07 Å². The highest BCUT2D eigenvalue weighted by atomic mass is 32.1. The van der Waals surface area contributed by atoms with E-state index in [1.165, 1.54) is 6.07 Å². The molecule has 4 rings (SSSR count). The highest BCUT2D eigenvalue weighted by Crippen LogP contribution is 2.27. The van der Waals surface area contributed by atoms with Crippen LogP contribution in [0.3, 0.4) is 0 Å². The topological polar surface area (TPSA) is 55.1 Å². The van der Waals surface area contributed by atoms with E-state index in [2.05, 4.69) is 4.98 Å². The van der Waals surface area contributed by atoms with Crippen LogP contribution >= 0.6 is 11.3 Å². The molecule has 1 N–H and O–H groups in total. The molecule has 0 amide bonds. The van der Waals surface area contributed by atoms with E-state index in [9.17, 15) is 9.90 Å². The van der Waals surface area contributed by atoms with Crippen molar-refractivity contribution in [3.63, 3.8) is 0 Å². The maximum Gasteiger partial charge on any atom is 0.197 e. The minimum absolute atomic E-state index is 0.0651. The van der Waals surface area contributed by atoms with Gasteiger partial charge >= 0.3 is 0 Å². The Morgan fingerprint density at radius 1 is 1.09 bits per heavy atom. The number of aryl methyl sites for hydroxylation is 1. The molecule has 0 saturated carbocycles. The van der Waals surface area contributed by atoms with Gasteiger partial charge in [-0.2, -0.15) is 0 Å². The van der Waals surface area contributed by atoms with Crippen molar-refractivity contribution in [3.8, 4) is 16.3 Å². The number of fused-ring (bicyclic) bond motifs is 2. The molecule has 5 heteroatoms. The van der Waals surface area contributed by atoms with E-state index in [0.29, 0.717) is 10.8 Å². The lowest BCUT2D eigenvalue weighted by Crippen LogP contribution is -2.09. The number of thiazole rings is 1. The number of aromatic hydroxyl groups is 1. The van der Waals surface area contributed by atoms with Crippen molar-refractivity contribution in [2.45, 2.75) is 0 Å². The molecule has 108 valence electrons. The fourth-order valence-corrected chi connectivity index (χ4v) is 3.41. The lowest BCUT2D eigenvalue weighted by molar-refractivity contribution is 0.476. The minimum Gasteiger partial charge on any atom is -0.508 e. The first-order valence-electron chi connectivity index (χ1n) is 6.80. The molecule has 0 aliphatic carbocycles. The maximum absolute atomic E-state index is 12.7. The Labute approximate surface area is 129 Å². The van der Waals surface area contributed by atoms with Gasteiger partial charge in [0.25, 0.3) is 0 Å². The number of nitrogens with zero attached hydrogens (tertiary/aromatic N) is 2. The number of aromatic nitrogens is 2. The van der Waals surface area contributed by atoms with Gasteiger partial charge in [-0.3, -0.25) is 4.79 Å². The SMILES string of the molecule is Cn1c2ccc(O)cc2c(=O)c2ccc(-c3nccs3)cc21. The Hall–Kier alpha value is -2.66. The summed E-state index contributed by atoms with van der Waals surface area (Å²) in [4.78, 5) is 17.0. The third-order valence-corrected chi connectivity index (χ3v) is 4.69. The van der Waals surface area contributed by atoms with Gasteiger partial charge < -0.3 is 9.67 Å². The smallest absolute Gasteiger partial charge is 0.197 e. The summed E-state index contributed by atoms with van der Waals surface area (Å²) in [6.45, 7) is 0. The van der Waals surface area contributed by atoms with Crippen LogP contribution in [0.5, 0.6) is 5.75 Å². The van der Waals surface area contributed by atoms with Gasteiger partial charge in [0.05, 0.1) is 11.0 Å². The summed E-state index contributed by atoms with van der Waals surface area (Å²) < 4.78 is 1.97. The normalized spacial score (nSPS) is 11.3. The molecule has 0 radical (unpaired) electrons. The second-order valence-corrected chi connectivity index (χ2v) is 6.05. The molecular formula is C17H12N2O2S. The monoisotopic (exact) mass is 308 g/mol. The molecule has 22 heavy (non-hydrogen) atoms. The molecule has 0 unspecified atom stereocenters. The predicted octanol–water partition coefficient (Wildman–Crippen LogP) is 3.52. The van der Waals surface area contributed by atoms with Crippen LogP contribution in [0.25, 0.3) is 32.4 Å². The van der Waals surface area contributed by atoms with Gasteiger partial charge in [-0.15, -0.1) is 11.3 Å². The predicted molar refractivity (Wildman–Crippen MR) is 89.5 cm³/mol.